The van der Waals surface area contributed by atoms with E-state index in [1.807, 2.05) is 18.0 Å². The number of amidine groups is 2. The van der Waals surface area contributed by atoms with Gasteiger partial charge in [0.1, 0.15) is 17.5 Å². The van der Waals surface area contributed by atoms with Crippen molar-refractivity contribution >= 4 is 34.9 Å². The Morgan fingerprint density at radius 1 is 1.31 bits per heavy atom. The topological polar surface area (TPSA) is 102 Å². The first-order valence-corrected chi connectivity index (χ1v) is 11.4. The summed E-state index contributed by atoms with van der Waals surface area (Å²) in [4.78, 5) is 11.1. The number of hydrogen-bond acceptors (Lipinski definition) is 8. The van der Waals surface area contributed by atoms with Crippen LogP contribution in [0.3, 0.4) is 0 Å². The van der Waals surface area contributed by atoms with Crippen LogP contribution in [-0.2, 0) is 6.54 Å². The van der Waals surface area contributed by atoms with Crippen molar-refractivity contribution < 1.29 is 4.39 Å². The molecule has 0 aliphatic carbocycles. The van der Waals surface area contributed by atoms with E-state index < -0.39 is 5.82 Å². The molecule has 32 heavy (non-hydrogen) atoms. The minimum absolute atomic E-state index is 0.0167. The van der Waals surface area contributed by atoms with Crippen LogP contribution in [0.15, 0.2) is 45.4 Å². The SMILES string of the molecule is CNC(C=C1C(N)=NCCN1Cc1c(Cl)ccc(F)c1Cl)=C1N=C(C2CCNCC2)NN1. The van der Waals surface area contributed by atoms with E-state index in [2.05, 4.69) is 26.5 Å². The fraction of sp³-hybridized carbons (Fsp3) is 0.429. The Morgan fingerprint density at radius 2 is 2.09 bits per heavy atom. The maximum Gasteiger partial charge on any atom is 0.170 e. The highest BCUT2D eigenvalue weighted by molar-refractivity contribution is 6.36. The van der Waals surface area contributed by atoms with Crippen molar-refractivity contribution in [1.29, 1.82) is 0 Å². The van der Waals surface area contributed by atoms with E-state index in [-0.39, 0.29) is 5.02 Å². The maximum absolute atomic E-state index is 14.0. The van der Waals surface area contributed by atoms with Gasteiger partial charge in [-0.25, -0.2) is 9.38 Å². The van der Waals surface area contributed by atoms with Crippen LogP contribution in [0.4, 0.5) is 4.39 Å². The average molecular weight is 481 g/mol. The Bertz CT molecular complexity index is 998. The molecule has 0 saturated carbocycles. The third kappa shape index (κ3) is 4.79. The molecule has 1 fully saturated rings. The van der Waals surface area contributed by atoms with Crippen LogP contribution in [0.25, 0.3) is 0 Å². The van der Waals surface area contributed by atoms with E-state index in [1.165, 1.54) is 12.1 Å². The molecule has 1 aromatic carbocycles. The van der Waals surface area contributed by atoms with Crippen molar-refractivity contribution in [3.63, 3.8) is 0 Å². The van der Waals surface area contributed by atoms with E-state index in [0.29, 0.717) is 53.5 Å². The summed E-state index contributed by atoms with van der Waals surface area (Å²) in [5, 5.41) is 6.97. The lowest BCUT2D eigenvalue weighted by Crippen LogP contribution is -2.39. The second-order valence-corrected chi connectivity index (χ2v) is 8.61. The standard InChI is InChI=1S/C21H27Cl2FN8/c1-26-16(21-29-20(30-31-21)12-4-6-27-7-5-12)10-17-19(25)28-8-9-32(17)11-13-14(22)2-3-15(24)18(13)23/h2-3,10,12,26-27,31H,4-9,11H2,1H3,(H2,25,28)(H,29,30). The van der Waals surface area contributed by atoms with Crippen molar-refractivity contribution in [2.45, 2.75) is 19.4 Å². The lowest BCUT2D eigenvalue weighted by atomic mass is 9.97. The molecule has 0 spiro atoms. The molecule has 172 valence electrons. The maximum atomic E-state index is 14.0. The highest BCUT2D eigenvalue weighted by atomic mass is 35.5. The van der Waals surface area contributed by atoms with Crippen molar-refractivity contribution in [3.05, 3.63) is 56.8 Å². The number of hydrogen-bond donors (Lipinski definition) is 5. The lowest BCUT2D eigenvalue weighted by molar-refractivity contribution is 0.352. The molecule has 0 radical (unpaired) electrons. The molecule has 3 aliphatic heterocycles. The summed E-state index contributed by atoms with van der Waals surface area (Å²) >= 11 is 12.5. The first-order valence-electron chi connectivity index (χ1n) is 10.6. The Hall–Kier alpha value is -2.49. The fourth-order valence-corrected chi connectivity index (χ4v) is 4.49. The van der Waals surface area contributed by atoms with Gasteiger partial charge in [0.2, 0.25) is 0 Å². The van der Waals surface area contributed by atoms with Crippen LogP contribution in [-0.4, -0.2) is 49.8 Å². The molecule has 1 aromatic rings. The summed E-state index contributed by atoms with van der Waals surface area (Å²) in [7, 11) is 1.82. The molecule has 6 N–H and O–H groups in total. The third-order valence-electron chi connectivity index (χ3n) is 5.82. The number of likely N-dealkylation sites (N-methyl/N-ethyl adjacent to an activating group) is 1. The molecule has 3 heterocycles. The largest absolute Gasteiger partial charge is 0.385 e. The van der Waals surface area contributed by atoms with Gasteiger partial charge in [0.15, 0.2) is 5.82 Å². The smallest absolute Gasteiger partial charge is 0.170 e. The molecule has 0 amide bonds. The highest BCUT2D eigenvalue weighted by Crippen LogP contribution is 2.30. The number of hydrazine groups is 1. The van der Waals surface area contributed by atoms with Gasteiger partial charge in [0.05, 0.1) is 23.0 Å². The number of halogens is 3. The summed E-state index contributed by atoms with van der Waals surface area (Å²) in [5.74, 6) is 1.89. The Morgan fingerprint density at radius 3 is 2.84 bits per heavy atom. The quantitative estimate of drug-likeness (QED) is 0.413. The zero-order valence-corrected chi connectivity index (χ0v) is 19.3. The number of nitrogens with two attached hydrogens (primary N) is 1. The molecule has 8 nitrogen and oxygen atoms in total. The van der Waals surface area contributed by atoms with E-state index in [1.54, 1.807) is 0 Å². The number of piperidine rings is 1. The monoisotopic (exact) mass is 480 g/mol. The summed E-state index contributed by atoms with van der Waals surface area (Å²) in [6.45, 7) is 3.40. The molecular weight excluding hydrogens is 454 g/mol. The summed E-state index contributed by atoms with van der Waals surface area (Å²) in [6.07, 6.45) is 3.97. The molecule has 3 aliphatic rings. The van der Waals surface area contributed by atoms with Gasteiger partial charge >= 0.3 is 0 Å². The van der Waals surface area contributed by atoms with Crippen molar-refractivity contribution in [2.75, 3.05) is 33.2 Å². The minimum Gasteiger partial charge on any atom is -0.385 e. The zero-order valence-electron chi connectivity index (χ0n) is 17.8. The van der Waals surface area contributed by atoms with Crippen LogP contribution in [0.5, 0.6) is 0 Å². The Labute approximate surface area is 196 Å². The summed E-state index contributed by atoms with van der Waals surface area (Å²) < 4.78 is 14.0. The molecular formula is C21H27Cl2FN8. The van der Waals surface area contributed by atoms with E-state index in [0.717, 1.165) is 37.5 Å². The average Bonchev–Trinajstić information content (AvgIpc) is 3.29. The van der Waals surface area contributed by atoms with Crippen LogP contribution in [0, 0.1) is 11.7 Å². The summed E-state index contributed by atoms with van der Waals surface area (Å²) in [6, 6.07) is 2.77. The molecule has 0 bridgehead atoms. The van der Waals surface area contributed by atoms with Crippen molar-refractivity contribution in [1.82, 2.24) is 26.4 Å². The molecule has 0 atom stereocenters. The van der Waals surface area contributed by atoms with Gasteiger partial charge in [-0.2, -0.15) is 0 Å². The van der Waals surface area contributed by atoms with Gasteiger partial charge < -0.3 is 21.3 Å². The lowest BCUT2D eigenvalue weighted by Gasteiger charge is -2.31. The number of allylic oxidation sites excluding steroid dienone is 1. The molecule has 0 unspecified atom stereocenters. The normalized spacial score (nSPS) is 22.2. The predicted octanol–water partition coefficient (Wildman–Crippen LogP) is 2.08. The van der Waals surface area contributed by atoms with Crippen molar-refractivity contribution in [2.24, 2.45) is 21.6 Å². The number of aliphatic imine (C=N–C) groups is 2. The van der Waals surface area contributed by atoms with Crippen LogP contribution < -0.4 is 27.2 Å². The van der Waals surface area contributed by atoms with Gasteiger partial charge in [-0.3, -0.25) is 15.8 Å². The predicted molar refractivity (Wildman–Crippen MR) is 127 cm³/mol. The highest BCUT2D eigenvalue weighted by Gasteiger charge is 2.25. The zero-order chi connectivity index (χ0) is 22.7. The van der Waals surface area contributed by atoms with E-state index in [9.17, 15) is 4.39 Å². The summed E-state index contributed by atoms with van der Waals surface area (Å²) in [5.41, 5.74) is 14.6. The minimum atomic E-state index is -0.505. The van der Waals surface area contributed by atoms with Crippen molar-refractivity contribution in [3.8, 4) is 0 Å². The Kier molecular flexibility index (Phi) is 7.07. The number of benzene rings is 1. The number of rotatable bonds is 5. The molecule has 11 heteroatoms. The van der Waals surface area contributed by atoms with Gasteiger partial charge in [-0.05, 0) is 44.1 Å². The Balaban J connectivity index is 1.64. The second kappa shape index (κ2) is 9.97. The van der Waals surface area contributed by atoms with E-state index >= 15 is 0 Å². The molecule has 4 rings (SSSR count). The molecule has 1 saturated heterocycles. The second-order valence-electron chi connectivity index (χ2n) is 7.82. The van der Waals surface area contributed by atoms with E-state index in [4.69, 9.17) is 33.9 Å². The van der Waals surface area contributed by atoms with Crippen LogP contribution >= 0.6 is 23.2 Å². The van der Waals surface area contributed by atoms with Gasteiger partial charge in [0.25, 0.3) is 0 Å². The van der Waals surface area contributed by atoms with Crippen LogP contribution in [0.1, 0.15) is 18.4 Å². The van der Waals surface area contributed by atoms with Crippen LogP contribution in [0.2, 0.25) is 10.0 Å². The fourth-order valence-electron chi connectivity index (χ4n) is 4.00. The molecule has 0 aromatic heterocycles. The van der Waals surface area contributed by atoms with Gasteiger partial charge in [-0.1, -0.05) is 23.2 Å². The van der Waals surface area contributed by atoms with Gasteiger partial charge in [0, 0.05) is 36.6 Å². The number of nitrogens with zero attached hydrogens (tertiary/aromatic N) is 3. The van der Waals surface area contributed by atoms with Gasteiger partial charge in [-0.15, -0.1) is 0 Å². The third-order valence-corrected chi connectivity index (χ3v) is 6.58. The first-order chi connectivity index (χ1) is 15.5. The first kappa shape index (κ1) is 22.7. The number of nitrogens with one attached hydrogen (secondary N) is 4.